The van der Waals surface area contributed by atoms with Gasteiger partial charge in [0.1, 0.15) is 5.82 Å². The van der Waals surface area contributed by atoms with Crippen LogP contribution in [-0.4, -0.2) is 17.5 Å². The lowest BCUT2D eigenvalue weighted by molar-refractivity contribution is 0.192. The van der Waals surface area contributed by atoms with Crippen LogP contribution >= 0.6 is 0 Å². The molecule has 0 aliphatic carbocycles. The predicted molar refractivity (Wildman–Crippen MR) is 88.5 cm³/mol. The number of halogens is 1. The fourth-order valence-corrected chi connectivity index (χ4v) is 3.03. The molecule has 1 unspecified atom stereocenters. The number of carbonyl (C=O) groups excluding carboxylic acids is 1. The molecule has 2 aromatic carbocycles. The maximum atomic E-state index is 13.1. The molecule has 0 saturated carbocycles. The number of nitrogens with zero attached hydrogens (tertiary/aromatic N) is 1. The molecule has 23 heavy (non-hydrogen) atoms. The minimum absolute atomic E-state index is 0.0358. The first-order chi connectivity index (χ1) is 11.1. The molecule has 3 nitrogen and oxygen atoms in total. The molecule has 0 bridgehead atoms. The SMILES string of the molecule is Cc1ccc(CNC(=O)N2CCCC2c2ccc(F)cc2)cc1. The first-order valence-electron chi connectivity index (χ1n) is 7.99. The first kappa shape index (κ1) is 15.5. The van der Waals surface area contributed by atoms with Crippen molar-refractivity contribution in [3.05, 3.63) is 71.0 Å². The molecule has 2 aromatic rings. The molecule has 2 amide bonds. The molecule has 1 saturated heterocycles. The zero-order valence-corrected chi connectivity index (χ0v) is 13.3. The highest BCUT2D eigenvalue weighted by atomic mass is 19.1. The summed E-state index contributed by atoms with van der Waals surface area (Å²) in [6.45, 7) is 3.30. The van der Waals surface area contributed by atoms with Gasteiger partial charge in [-0.2, -0.15) is 0 Å². The maximum Gasteiger partial charge on any atom is 0.318 e. The third-order valence-electron chi connectivity index (χ3n) is 4.33. The average Bonchev–Trinajstić information content (AvgIpc) is 3.04. The summed E-state index contributed by atoms with van der Waals surface area (Å²) in [6, 6.07) is 14.6. The van der Waals surface area contributed by atoms with Gasteiger partial charge in [-0.1, -0.05) is 42.0 Å². The zero-order valence-electron chi connectivity index (χ0n) is 13.3. The Morgan fingerprint density at radius 2 is 1.87 bits per heavy atom. The minimum Gasteiger partial charge on any atom is -0.334 e. The molecule has 1 heterocycles. The molecule has 1 aliphatic rings. The van der Waals surface area contributed by atoms with Gasteiger partial charge in [-0.25, -0.2) is 9.18 Å². The highest BCUT2D eigenvalue weighted by Crippen LogP contribution is 2.31. The maximum absolute atomic E-state index is 13.1. The van der Waals surface area contributed by atoms with Gasteiger partial charge < -0.3 is 10.2 Å². The fraction of sp³-hybridized carbons (Fsp3) is 0.316. The van der Waals surface area contributed by atoms with Gasteiger partial charge >= 0.3 is 6.03 Å². The summed E-state index contributed by atoms with van der Waals surface area (Å²) >= 11 is 0. The van der Waals surface area contributed by atoms with Crippen molar-refractivity contribution in [3.8, 4) is 0 Å². The molecule has 0 radical (unpaired) electrons. The highest BCUT2D eigenvalue weighted by molar-refractivity contribution is 5.75. The largest absolute Gasteiger partial charge is 0.334 e. The lowest BCUT2D eigenvalue weighted by atomic mass is 10.0. The van der Waals surface area contributed by atoms with E-state index >= 15 is 0 Å². The summed E-state index contributed by atoms with van der Waals surface area (Å²) in [6.07, 6.45) is 1.89. The number of likely N-dealkylation sites (tertiary alicyclic amines) is 1. The molecule has 1 fully saturated rings. The Kier molecular flexibility index (Phi) is 4.60. The Balaban J connectivity index is 1.63. The van der Waals surface area contributed by atoms with Gasteiger partial charge in [0.05, 0.1) is 6.04 Å². The lowest BCUT2D eigenvalue weighted by Gasteiger charge is -2.25. The quantitative estimate of drug-likeness (QED) is 0.906. The van der Waals surface area contributed by atoms with E-state index in [1.54, 1.807) is 12.1 Å². The number of hydrogen-bond acceptors (Lipinski definition) is 1. The smallest absolute Gasteiger partial charge is 0.318 e. The van der Waals surface area contributed by atoms with E-state index in [4.69, 9.17) is 0 Å². The van der Waals surface area contributed by atoms with E-state index in [1.807, 2.05) is 36.1 Å². The van der Waals surface area contributed by atoms with Crippen molar-refractivity contribution in [3.63, 3.8) is 0 Å². The summed E-state index contributed by atoms with van der Waals surface area (Å²) in [5.74, 6) is -0.248. The van der Waals surface area contributed by atoms with E-state index < -0.39 is 0 Å². The van der Waals surface area contributed by atoms with Crippen LogP contribution in [0.3, 0.4) is 0 Å². The van der Waals surface area contributed by atoms with Crippen LogP contribution in [-0.2, 0) is 6.54 Å². The Hall–Kier alpha value is -2.36. The molecule has 0 aromatic heterocycles. The van der Waals surface area contributed by atoms with Crippen molar-refractivity contribution >= 4 is 6.03 Å². The number of benzene rings is 2. The summed E-state index contributed by atoms with van der Waals surface area (Å²) in [4.78, 5) is 14.3. The van der Waals surface area contributed by atoms with E-state index in [0.29, 0.717) is 6.54 Å². The zero-order chi connectivity index (χ0) is 16.2. The number of nitrogens with one attached hydrogen (secondary N) is 1. The molecule has 3 rings (SSSR count). The van der Waals surface area contributed by atoms with Crippen LogP contribution < -0.4 is 5.32 Å². The Labute approximate surface area is 136 Å². The van der Waals surface area contributed by atoms with Crippen LogP contribution in [0.1, 0.15) is 35.6 Å². The van der Waals surface area contributed by atoms with E-state index in [1.165, 1.54) is 17.7 Å². The van der Waals surface area contributed by atoms with Crippen LogP contribution in [0, 0.1) is 12.7 Å². The molecule has 1 aliphatic heterocycles. The van der Waals surface area contributed by atoms with Gasteiger partial charge in [0.15, 0.2) is 0 Å². The monoisotopic (exact) mass is 312 g/mol. The van der Waals surface area contributed by atoms with Crippen LogP contribution in [0.15, 0.2) is 48.5 Å². The van der Waals surface area contributed by atoms with E-state index in [2.05, 4.69) is 5.32 Å². The molecule has 4 heteroatoms. The van der Waals surface area contributed by atoms with Crippen LogP contribution in [0.4, 0.5) is 9.18 Å². The number of aryl methyl sites for hydroxylation is 1. The molecule has 0 spiro atoms. The molecule has 1 N–H and O–H groups in total. The van der Waals surface area contributed by atoms with Gasteiger partial charge in [-0.05, 0) is 43.0 Å². The van der Waals surface area contributed by atoms with Gasteiger partial charge in [-0.15, -0.1) is 0 Å². The summed E-state index contributed by atoms with van der Waals surface area (Å²) in [5, 5.41) is 2.98. The minimum atomic E-state index is -0.248. The first-order valence-corrected chi connectivity index (χ1v) is 7.99. The number of rotatable bonds is 3. The average molecular weight is 312 g/mol. The number of carbonyl (C=O) groups is 1. The van der Waals surface area contributed by atoms with Crippen molar-refractivity contribution in [2.45, 2.75) is 32.4 Å². The Morgan fingerprint density at radius 3 is 2.57 bits per heavy atom. The topological polar surface area (TPSA) is 32.3 Å². The fourth-order valence-electron chi connectivity index (χ4n) is 3.03. The second kappa shape index (κ2) is 6.82. The van der Waals surface area contributed by atoms with Crippen molar-refractivity contribution in [1.82, 2.24) is 10.2 Å². The summed E-state index contributed by atoms with van der Waals surface area (Å²) in [7, 11) is 0. The number of hydrogen-bond donors (Lipinski definition) is 1. The lowest BCUT2D eigenvalue weighted by Crippen LogP contribution is -2.39. The van der Waals surface area contributed by atoms with Crippen molar-refractivity contribution in [2.24, 2.45) is 0 Å². The van der Waals surface area contributed by atoms with Gasteiger partial charge in [0, 0.05) is 13.1 Å². The second-order valence-corrected chi connectivity index (χ2v) is 6.05. The molecular formula is C19H21FN2O. The van der Waals surface area contributed by atoms with E-state index in [-0.39, 0.29) is 17.9 Å². The number of urea groups is 1. The Morgan fingerprint density at radius 1 is 1.17 bits per heavy atom. The number of amides is 2. The van der Waals surface area contributed by atoms with Gasteiger partial charge in [0.25, 0.3) is 0 Å². The van der Waals surface area contributed by atoms with Crippen molar-refractivity contribution in [1.29, 1.82) is 0 Å². The third-order valence-corrected chi connectivity index (χ3v) is 4.33. The van der Waals surface area contributed by atoms with Crippen molar-refractivity contribution < 1.29 is 9.18 Å². The van der Waals surface area contributed by atoms with E-state index in [9.17, 15) is 9.18 Å². The molecule has 120 valence electrons. The summed E-state index contributed by atoms with van der Waals surface area (Å²) < 4.78 is 13.1. The molecular weight excluding hydrogens is 291 g/mol. The van der Waals surface area contributed by atoms with Crippen LogP contribution in [0.5, 0.6) is 0 Å². The van der Waals surface area contributed by atoms with Gasteiger partial charge in [-0.3, -0.25) is 0 Å². The van der Waals surface area contributed by atoms with Gasteiger partial charge in [0.2, 0.25) is 0 Å². The standard InChI is InChI=1S/C19H21FN2O/c1-14-4-6-15(7-5-14)13-21-19(23)22-12-2-3-18(22)16-8-10-17(20)11-9-16/h4-11,18H,2-3,12-13H2,1H3,(H,21,23). The van der Waals surface area contributed by atoms with E-state index in [0.717, 1.165) is 30.5 Å². The third kappa shape index (κ3) is 3.70. The summed E-state index contributed by atoms with van der Waals surface area (Å²) in [5.41, 5.74) is 3.28. The van der Waals surface area contributed by atoms with Crippen LogP contribution in [0.2, 0.25) is 0 Å². The second-order valence-electron chi connectivity index (χ2n) is 6.05. The molecule has 1 atom stereocenters. The Bertz CT molecular complexity index is 667. The normalized spacial score (nSPS) is 17.3. The van der Waals surface area contributed by atoms with Crippen LogP contribution in [0.25, 0.3) is 0 Å². The van der Waals surface area contributed by atoms with Crippen molar-refractivity contribution in [2.75, 3.05) is 6.54 Å². The predicted octanol–water partition coefficient (Wildman–Crippen LogP) is 4.18. The highest BCUT2D eigenvalue weighted by Gasteiger charge is 2.29.